The summed E-state index contributed by atoms with van der Waals surface area (Å²) in [6.07, 6.45) is 1.32. The summed E-state index contributed by atoms with van der Waals surface area (Å²) >= 11 is 0. The number of aliphatic hydroxyl groups is 1. The molecule has 0 unspecified atom stereocenters. The molecule has 0 aromatic carbocycles. The van der Waals surface area contributed by atoms with Crippen molar-refractivity contribution >= 4 is 11.7 Å². The standard InChI is InChI=1S/C10H19NO3/c1-8(2)9(13)4-3-6-11-10(14)5-7-12/h8,12H,3-7H2,1-2H3,(H,11,14). The number of carbonyl (C=O) groups excluding carboxylic acids is 2. The van der Waals surface area contributed by atoms with Crippen LogP contribution in [0.5, 0.6) is 0 Å². The van der Waals surface area contributed by atoms with Gasteiger partial charge in [-0.25, -0.2) is 0 Å². The van der Waals surface area contributed by atoms with Crippen molar-refractivity contribution in [1.29, 1.82) is 0 Å². The molecular weight excluding hydrogens is 182 g/mol. The fourth-order valence-corrected chi connectivity index (χ4v) is 0.969. The summed E-state index contributed by atoms with van der Waals surface area (Å²) in [5, 5.41) is 11.1. The molecule has 2 N–H and O–H groups in total. The number of Topliss-reactive ketones (excluding diaryl/α,β-unsaturated/α-hetero) is 1. The molecule has 0 saturated heterocycles. The quantitative estimate of drug-likeness (QED) is 0.589. The minimum absolute atomic E-state index is 0.0724. The minimum atomic E-state index is -0.163. The minimum Gasteiger partial charge on any atom is -0.396 e. The maximum absolute atomic E-state index is 11.2. The first-order valence-corrected chi connectivity index (χ1v) is 4.98. The van der Waals surface area contributed by atoms with Crippen LogP contribution in [0.15, 0.2) is 0 Å². The SMILES string of the molecule is CC(C)C(=O)CCCNC(=O)CCO. The van der Waals surface area contributed by atoms with Crippen molar-refractivity contribution in [1.82, 2.24) is 5.32 Å². The highest BCUT2D eigenvalue weighted by Gasteiger charge is 2.06. The molecule has 0 aliphatic carbocycles. The number of nitrogens with one attached hydrogen (secondary N) is 1. The van der Waals surface area contributed by atoms with Gasteiger partial charge in [0.25, 0.3) is 0 Å². The van der Waals surface area contributed by atoms with Crippen LogP contribution in [-0.2, 0) is 9.59 Å². The summed E-state index contributed by atoms with van der Waals surface area (Å²) in [4.78, 5) is 22.0. The highest BCUT2D eigenvalue weighted by molar-refractivity contribution is 5.80. The second-order valence-electron chi connectivity index (χ2n) is 3.55. The second-order valence-corrected chi connectivity index (χ2v) is 3.55. The summed E-state index contributed by atoms with van der Waals surface area (Å²) in [6, 6.07) is 0. The van der Waals surface area contributed by atoms with Crippen LogP contribution in [0.1, 0.15) is 33.1 Å². The van der Waals surface area contributed by atoms with Gasteiger partial charge in [-0.05, 0) is 6.42 Å². The van der Waals surface area contributed by atoms with E-state index in [4.69, 9.17) is 5.11 Å². The lowest BCUT2D eigenvalue weighted by Crippen LogP contribution is -2.25. The van der Waals surface area contributed by atoms with Gasteiger partial charge in [0.1, 0.15) is 5.78 Å². The molecule has 0 saturated carbocycles. The van der Waals surface area contributed by atoms with Gasteiger partial charge in [0, 0.05) is 25.3 Å². The third-order valence-corrected chi connectivity index (χ3v) is 1.90. The fraction of sp³-hybridized carbons (Fsp3) is 0.800. The summed E-state index contributed by atoms with van der Waals surface area (Å²) < 4.78 is 0. The average Bonchev–Trinajstić information content (AvgIpc) is 2.12. The molecule has 0 aromatic heterocycles. The van der Waals surface area contributed by atoms with E-state index in [0.717, 1.165) is 0 Å². The number of carbonyl (C=O) groups is 2. The Balaban J connectivity index is 3.38. The Bertz CT molecular complexity index is 190. The summed E-state index contributed by atoms with van der Waals surface area (Å²) in [7, 11) is 0. The molecule has 82 valence electrons. The predicted octanol–water partition coefficient (Wildman–Crippen LogP) is 0.490. The lowest BCUT2D eigenvalue weighted by Gasteiger charge is -2.05. The zero-order chi connectivity index (χ0) is 11.0. The molecular formula is C10H19NO3. The number of aliphatic hydroxyl groups excluding tert-OH is 1. The normalized spacial score (nSPS) is 10.3. The van der Waals surface area contributed by atoms with Gasteiger partial charge < -0.3 is 10.4 Å². The Kier molecular flexibility index (Phi) is 7.02. The maximum Gasteiger partial charge on any atom is 0.222 e. The number of rotatable bonds is 7. The van der Waals surface area contributed by atoms with Crippen LogP contribution < -0.4 is 5.32 Å². The van der Waals surface area contributed by atoms with Crippen molar-refractivity contribution in [3.05, 3.63) is 0 Å². The van der Waals surface area contributed by atoms with Gasteiger partial charge in [0.2, 0.25) is 5.91 Å². The second kappa shape index (κ2) is 7.50. The van der Waals surface area contributed by atoms with E-state index in [2.05, 4.69) is 5.32 Å². The first-order chi connectivity index (χ1) is 6.57. The van der Waals surface area contributed by atoms with Crippen LogP contribution in [0.4, 0.5) is 0 Å². The molecule has 0 radical (unpaired) electrons. The van der Waals surface area contributed by atoms with Crippen molar-refractivity contribution < 1.29 is 14.7 Å². The molecule has 4 heteroatoms. The van der Waals surface area contributed by atoms with Crippen molar-refractivity contribution in [2.45, 2.75) is 33.1 Å². The zero-order valence-electron chi connectivity index (χ0n) is 8.88. The van der Waals surface area contributed by atoms with Crippen LogP contribution in [0.3, 0.4) is 0 Å². The third-order valence-electron chi connectivity index (χ3n) is 1.90. The van der Waals surface area contributed by atoms with E-state index in [1.165, 1.54) is 0 Å². The maximum atomic E-state index is 11.2. The van der Waals surface area contributed by atoms with Crippen LogP contribution in [0, 0.1) is 5.92 Å². The Morgan fingerprint density at radius 2 is 1.93 bits per heavy atom. The third kappa shape index (κ3) is 6.60. The Labute approximate surface area is 84.7 Å². The van der Waals surface area contributed by atoms with Crippen LogP contribution >= 0.6 is 0 Å². The summed E-state index contributed by atoms with van der Waals surface area (Å²) in [5.41, 5.74) is 0. The van der Waals surface area contributed by atoms with E-state index in [0.29, 0.717) is 19.4 Å². The lowest BCUT2D eigenvalue weighted by molar-refractivity contribution is -0.123. The van der Waals surface area contributed by atoms with Gasteiger partial charge in [-0.3, -0.25) is 9.59 Å². The van der Waals surface area contributed by atoms with E-state index in [1.54, 1.807) is 0 Å². The van der Waals surface area contributed by atoms with Gasteiger partial charge in [0.15, 0.2) is 0 Å². The molecule has 0 aliphatic rings. The van der Waals surface area contributed by atoms with E-state index < -0.39 is 0 Å². The summed E-state index contributed by atoms with van der Waals surface area (Å²) in [6.45, 7) is 4.12. The molecule has 1 amide bonds. The largest absolute Gasteiger partial charge is 0.396 e. The monoisotopic (exact) mass is 201 g/mol. The molecule has 0 aliphatic heterocycles. The zero-order valence-corrected chi connectivity index (χ0v) is 8.88. The van der Waals surface area contributed by atoms with Crippen LogP contribution in [0.2, 0.25) is 0 Å². The number of hydrogen-bond donors (Lipinski definition) is 2. The molecule has 0 bridgehead atoms. The van der Waals surface area contributed by atoms with Crippen molar-refractivity contribution in [3.63, 3.8) is 0 Å². The molecule has 14 heavy (non-hydrogen) atoms. The van der Waals surface area contributed by atoms with E-state index >= 15 is 0 Å². The smallest absolute Gasteiger partial charge is 0.222 e. The van der Waals surface area contributed by atoms with Gasteiger partial charge in [-0.2, -0.15) is 0 Å². The molecule has 0 fully saturated rings. The van der Waals surface area contributed by atoms with Gasteiger partial charge in [-0.1, -0.05) is 13.8 Å². The average molecular weight is 201 g/mol. The predicted molar refractivity (Wildman–Crippen MR) is 53.8 cm³/mol. The number of amides is 1. The highest BCUT2D eigenvalue weighted by atomic mass is 16.3. The van der Waals surface area contributed by atoms with Gasteiger partial charge in [0.05, 0.1) is 6.61 Å². The Morgan fingerprint density at radius 3 is 2.43 bits per heavy atom. The van der Waals surface area contributed by atoms with E-state index in [1.807, 2.05) is 13.8 Å². The summed E-state index contributed by atoms with van der Waals surface area (Å²) in [5.74, 6) is 0.133. The van der Waals surface area contributed by atoms with E-state index in [-0.39, 0.29) is 30.6 Å². The molecule has 0 heterocycles. The van der Waals surface area contributed by atoms with Gasteiger partial charge in [-0.15, -0.1) is 0 Å². The van der Waals surface area contributed by atoms with Crippen molar-refractivity contribution in [2.75, 3.05) is 13.2 Å². The first kappa shape index (κ1) is 13.1. The molecule has 0 aromatic rings. The molecule has 0 rings (SSSR count). The topological polar surface area (TPSA) is 66.4 Å². The first-order valence-electron chi connectivity index (χ1n) is 4.98. The van der Waals surface area contributed by atoms with E-state index in [9.17, 15) is 9.59 Å². The number of ketones is 1. The Hall–Kier alpha value is -0.900. The Morgan fingerprint density at radius 1 is 1.29 bits per heavy atom. The van der Waals surface area contributed by atoms with Gasteiger partial charge >= 0.3 is 0 Å². The molecule has 0 spiro atoms. The molecule has 0 atom stereocenters. The fourth-order valence-electron chi connectivity index (χ4n) is 0.969. The van der Waals surface area contributed by atoms with Crippen molar-refractivity contribution in [3.8, 4) is 0 Å². The number of hydrogen-bond acceptors (Lipinski definition) is 3. The van der Waals surface area contributed by atoms with Crippen molar-refractivity contribution in [2.24, 2.45) is 5.92 Å². The lowest BCUT2D eigenvalue weighted by atomic mass is 10.0. The molecule has 4 nitrogen and oxygen atoms in total. The van der Waals surface area contributed by atoms with Crippen LogP contribution in [-0.4, -0.2) is 29.9 Å². The highest BCUT2D eigenvalue weighted by Crippen LogP contribution is 2.00. The van der Waals surface area contributed by atoms with Crippen LogP contribution in [0.25, 0.3) is 0 Å².